The number of aliphatic imine (C=N–C) groups is 1. The molecule has 1 unspecified atom stereocenters. The third-order valence-electron chi connectivity index (χ3n) is 4.22. The van der Waals surface area contributed by atoms with E-state index in [-0.39, 0.29) is 6.04 Å². The van der Waals surface area contributed by atoms with Gasteiger partial charge in [-0.25, -0.2) is 4.99 Å². The van der Waals surface area contributed by atoms with Crippen LogP contribution in [0.5, 0.6) is 5.75 Å². The highest BCUT2D eigenvalue weighted by molar-refractivity contribution is 5.79. The molecule has 148 valence electrons. The Bertz CT molecular complexity index is 725. The van der Waals surface area contributed by atoms with Crippen molar-refractivity contribution in [3.63, 3.8) is 0 Å². The fourth-order valence-corrected chi connectivity index (χ4v) is 2.84. The summed E-state index contributed by atoms with van der Waals surface area (Å²) in [5.74, 6) is 1.68. The average Bonchev–Trinajstić information content (AvgIpc) is 3.07. The molecule has 0 saturated heterocycles. The van der Waals surface area contributed by atoms with Crippen LogP contribution in [-0.2, 0) is 13.6 Å². The molecule has 7 heteroatoms. The lowest BCUT2D eigenvalue weighted by molar-refractivity contribution is 0.298. The number of para-hydroxylation sites is 1. The predicted molar refractivity (Wildman–Crippen MR) is 110 cm³/mol. The molecule has 0 saturated carbocycles. The molecule has 1 heterocycles. The number of hydrogen-bond acceptors (Lipinski definition) is 4. The maximum Gasteiger partial charge on any atom is 0.191 e. The number of aromatic nitrogens is 2. The van der Waals surface area contributed by atoms with Crippen LogP contribution < -0.4 is 15.4 Å². The molecule has 1 atom stereocenters. The van der Waals surface area contributed by atoms with E-state index in [9.17, 15) is 0 Å². The fourth-order valence-electron chi connectivity index (χ4n) is 2.84. The van der Waals surface area contributed by atoms with E-state index in [1.165, 1.54) is 5.56 Å². The molecule has 27 heavy (non-hydrogen) atoms. The summed E-state index contributed by atoms with van der Waals surface area (Å²) in [6, 6.07) is 8.24. The Hall–Kier alpha value is -2.54. The molecule has 0 bridgehead atoms. The molecule has 0 aliphatic rings. The summed E-state index contributed by atoms with van der Waals surface area (Å²) < 4.78 is 7.52. The van der Waals surface area contributed by atoms with Gasteiger partial charge in [-0.2, -0.15) is 5.10 Å². The number of ether oxygens (including phenoxy) is 1. The average molecular weight is 373 g/mol. The third kappa shape index (κ3) is 6.29. The Morgan fingerprint density at radius 1 is 1.26 bits per heavy atom. The van der Waals surface area contributed by atoms with E-state index in [4.69, 9.17) is 9.73 Å². The largest absolute Gasteiger partial charge is 0.494 e. The first-order valence-electron chi connectivity index (χ1n) is 9.43. The molecular weight excluding hydrogens is 340 g/mol. The molecule has 2 N–H and O–H groups in total. The van der Waals surface area contributed by atoms with Crippen LogP contribution in [0.2, 0.25) is 0 Å². The maximum absolute atomic E-state index is 5.69. The minimum atomic E-state index is 0.207. The van der Waals surface area contributed by atoms with Crippen LogP contribution in [0, 0.1) is 0 Å². The highest BCUT2D eigenvalue weighted by Gasteiger charge is 2.16. The van der Waals surface area contributed by atoms with E-state index in [1.54, 1.807) is 0 Å². The number of likely N-dealkylation sites (N-methyl/N-ethyl adjacent to an activating group) is 1. The molecule has 2 rings (SSSR count). The van der Waals surface area contributed by atoms with Crippen molar-refractivity contribution < 1.29 is 4.74 Å². The second kappa shape index (κ2) is 10.6. The number of nitrogens with zero attached hydrogens (tertiary/aromatic N) is 4. The van der Waals surface area contributed by atoms with Gasteiger partial charge in [0.15, 0.2) is 5.96 Å². The Morgan fingerprint density at radius 2 is 2.04 bits per heavy atom. The molecule has 1 aromatic carbocycles. The molecular formula is C20H32N6O. The smallest absolute Gasteiger partial charge is 0.191 e. The van der Waals surface area contributed by atoms with E-state index >= 15 is 0 Å². The lowest BCUT2D eigenvalue weighted by Gasteiger charge is -2.24. The van der Waals surface area contributed by atoms with Crippen LogP contribution >= 0.6 is 0 Å². The second-order valence-electron chi connectivity index (χ2n) is 6.54. The number of hydrogen-bond donors (Lipinski definition) is 2. The van der Waals surface area contributed by atoms with Gasteiger partial charge < -0.3 is 20.3 Å². The topological polar surface area (TPSA) is 66.7 Å². The monoisotopic (exact) mass is 372 g/mol. The molecule has 7 nitrogen and oxygen atoms in total. The SMILES string of the molecule is CCNC(=NCc1ccccc1OCC)NCC(c1cnn(C)c1)N(C)C. The quantitative estimate of drug-likeness (QED) is 0.522. The van der Waals surface area contributed by atoms with Gasteiger partial charge in [0.1, 0.15) is 5.75 Å². The summed E-state index contributed by atoms with van der Waals surface area (Å²) in [4.78, 5) is 6.91. The van der Waals surface area contributed by atoms with Gasteiger partial charge >= 0.3 is 0 Å². The highest BCUT2D eigenvalue weighted by Crippen LogP contribution is 2.19. The first-order valence-corrected chi connectivity index (χ1v) is 9.43. The van der Waals surface area contributed by atoms with Crippen molar-refractivity contribution in [3.05, 3.63) is 47.8 Å². The highest BCUT2D eigenvalue weighted by atomic mass is 16.5. The molecule has 2 aromatic rings. The van der Waals surface area contributed by atoms with Crippen molar-refractivity contribution in [2.75, 3.05) is 33.8 Å². The molecule has 0 radical (unpaired) electrons. The lowest BCUT2D eigenvalue weighted by Crippen LogP contribution is -2.41. The summed E-state index contributed by atoms with van der Waals surface area (Å²) in [5.41, 5.74) is 2.25. The molecule has 1 aromatic heterocycles. The third-order valence-corrected chi connectivity index (χ3v) is 4.22. The van der Waals surface area contributed by atoms with Crippen molar-refractivity contribution in [1.82, 2.24) is 25.3 Å². The number of guanidine groups is 1. The zero-order valence-corrected chi connectivity index (χ0v) is 17.1. The normalized spacial score (nSPS) is 12.9. The zero-order chi connectivity index (χ0) is 19.6. The Morgan fingerprint density at radius 3 is 2.67 bits per heavy atom. The van der Waals surface area contributed by atoms with Gasteiger partial charge in [0, 0.05) is 37.5 Å². The van der Waals surface area contributed by atoms with Crippen molar-refractivity contribution >= 4 is 5.96 Å². The minimum Gasteiger partial charge on any atom is -0.494 e. The first kappa shape index (κ1) is 20.8. The molecule has 0 aliphatic carbocycles. The van der Waals surface area contributed by atoms with Crippen LogP contribution in [0.3, 0.4) is 0 Å². The van der Waals surface area contributed by atoms with Gasteiger partial charge in [-0.1, -0.05) is 18.2 Å². The van der Waals surface area contributed by atoms with Crippen molar-refractivity contribution in [1.29, 1.82) is 0 Å². The maximum atomic E-state index is 5.69. The lowest BCUT2D eigenvalue weighted by atomic mass is 10.1. The number of benzene rings is 1. The van der Waals surface area contributed by atoms with Gasteiger partial charge in [-0.05, 0) is 34.0 Å². The van der Waals surface area contributed by atoms with Crippen LogP contribution in [0.1, 0.15) is 31.0 Å². The number of rotatable bonds is 9. The van der Waals surface area contributed by atoms with Gasteiger partial charge in [-0.3, -0.25) is 4.68 Å². The summed E-state index contributed by atoms with van der Waals surface area (Å²) in [5, 5.41) is 11.1. The predicted octanol–water partition coefficient (Wildman–Crippen LogP) is 2.18. The number of aryl methyl sites for hydroxylation is 1. The van der Waals surface area contributed by atoms with Crippen molar-refractivity contribution in [2.45, 2.75) is 26.4 Å². The number of nitrogens with one attached hydrogen (secondary N) is 2. The van der Waals surface area contributed by atoms with Crippen LogP contribution in [-0.4, -0.2) is 54.4 Å². The van der Waals surface area contributed by atoms with E-state index in [1.807, 2.05) is 43.0 Å². The van der Waals surface area contributed by atoms with Crippen LogP contribution in [0.25, 0.3) is 0 Å². The van der Waals surface area contributed by atoms with Gasteiger partial charge in [0.25, 0.3) is 0 Å². The summed E-state index contributed by atoms with van der Waals surface area (Å²) in [6.45, 7) is 6.80. The Labute approximate surface area is 162 Å². The summed E-state index contributed by atoms with van der Waals surface area (Å²) >= 11 is 0. The standard InChI is InChI=1S/C20H32N6O/c1-6-21-20(22-12-16-10-8-9-11-19(16)27-7-2)23-14-18(25(3)4)17-13-24-26(5)15-17/h8-11,13,15,18H,6-7,12,14H2,1-5H3,(H2,21,22,23). The van der Waals surface area contributed by atoms with E-state index < -0.39 is 0 Å². The van der Waals surface area contributed by atoms with Gasteiger partial charge in [0.05, 0.1) is 25.4 Å². The van der Waals surface area contributed by atoms with E-state index in [0.29, 0.717) is 13.2 Å². The van der Waals surface area contributed by atoms with Crippen LogP contribution in [0.4, 0.5) is 0 Å². The molecule has 0 aliphatic heterocycles. The van der Waals surface area contributed by atoms with Gasteiger partial charge in [0.2, 0.25) is 0 Å². The van der Waals surface area contributed by atoms with E-state index in [0.717, 1.165) is 30.4 Å². The molecule has 0 amide bonds. The fraction of sp³-hybridized carbons (Fsp3) is 0.500. The van der Waals surface area contributed by atoms with Gasteiger partial charge in [-0.15, -0.1) is 0 Å². The summed E-state index contributed by atoms with van der Waals surface area (Å²) in [6.07, 6.45) is 3.96. The first-order chi connectivity index (χ1) is 13.0. The zero-order valence-electron chi connectivity index (χ0n) is 17.1. The second-order valence-corrected chi connectivity index (χ2v) is 6.54. The molecule has 0 fully saturated rings. The minimum absolute atomic E-state index is 0.207. The van der Waals surface area contributed by atoms with Crippen molar-refractivity contribution in [2.24, 2.45) is 12.0 Å². The summed E-state index contributed by atoms with van der Waals surface area (Å²) in [7, 11) is 6.08. The van der Waals surface area contributed by atoms with Crippen molar-refractivity contribution in [3.8, 4) is 5.75 Å². The van der Waals surface area contributed by atoms with Crippen LogP contribution in [0.15, 0.2) is 41.7 Å². The molecule has 0 spiro atoms. The Balaban J connectivity index is 2.06. The van der Waals surface area contributed by atoms with E-state index in [2.05, 4.69) is 53.9 Å². The Kier molecular flexibility index (Phi) is 8.13.